The highest BCUT2D eigenvalue weighted by Crippen LogP contribution is 2.24. The summed E-state index contributed by atoms with van der Waals surface area (Å²) in [6.45, 7) is 6.05. The second kappa shape index (κ2) is 10.0. The molecule has 1 heterocycles. The van der Waals surface area contributed by atoms with Gasteiger partial charge in [-0.15, -0.1) is 0 Å². The monoisotopic (exact) mass is 407 g/mol. The zero-order valence-electron chi connectivity index (χ0n) is 16.0. The molecule has 0 aliphatic rings. The van der Waals surface area contributed by atoms with E-state index in [0.717, 1.165) is 6.42 Å². The number of halogens is 2. The van der Waals surface area contributed by atoms with E-state index in [-0.39, 0.29) is 23.5 Å². The summed E-state index contributed by atoms with van der Waals surface area (Å²) >= 11 is 6.34. The molecular formula is C20H23ClFN3O3. The van der Waals surface area contributed by atoms with Crippen LogP contribution in [0.15, 0.2) is 30.3 Å². The van der Waals surface area contributed by atoms with Crippen LogP contribution in [0.5, 0.6) is 0 Å². The van der Waals surface area contributed by atoms with Crippen molar-refractivity contribution in [3.63, 3.8) is 0 Å². The maximum Gasteiger partial charge on any atom is 0.331 e. The molecule has 2 aromatic rings. The number of ether oxygens (including phenoxy) is 1. The van der Waals surface area contributed by atoms with E-state index < -0.39 is 5.97 Å². The summed E-state index contributed by atoms with van der Waals surface area (Å²) in [5.74, 6) is -0.890. The Hall–Kier alpha value is -2.67. The minimum Gasteiger partial charge on any atom is -0.452 e. The molecule has 0 aliphatic heterocycles. The van der Waals surface area contributed by atoms with Gasteiger partial charge in [-0.25, -0.2) is 13.9 Å². The molecule has 6 nitrogen and oxygen atoms in total. The fourth-order valence-electron chi connectivity index (χ4n) is 2.34. The van der Waals surface area contributed by atoms with Crippen molar-refractivity contribution in [2.75, 3.05) is 13.2 Å². The first-order valence-corrected chi connectivity index (χ1v) is 9.28. The average molecular weight is 408 g/mol. The lowest BCUT2D eigenvalue weighted by atomic mass is 10.1. The summed E-state index contributed by atoms with van der Waals surface area (Å²) in [7, 11) is 0. The van der Waals surface area contributed by atoms with Crippen molar-refractivity contribution in [2.24, 2.45) is 5.92 Å². The van der Waals surface area contributed by atoms with Gasteiger partial charge in [0.2, 0.25) is 0 Å². The van der Waals surface area contributed by atoms with E-state index in [2.05, 4.69) is 24.3 Å². The van der Waals surface area contributed by atoms with E-state index in [4.69, 9.17) is 16.3 Å². The van der Waals surface area contributed by atoms with Crippen molar-refractivity contribution in [1.29, 1.82) is 0 Å². The lowest BCUT2D eigenvalue weighted by molar-refractivity contribution is -0.143. The van der Waals surface area contributed by atoms with Crippen LogP contribution in [0.3, 0.4) is 0 Å². The molecule has 0 unspecified atom stereocenters. The smallest absolute Gasteiger partial charge is 0.331 e. The number of nitrogens with zero attached hydrogens (tertiary/aromatic N) is 2. The van der Waals surface area contributed by atoms with E-state index in [9.17, 15) is 14.0 Å². The molecule has 0 saturated carbocycles. The number of carbonyl (C=O) groups excluding carboxylic acids is 2. The van der Waals surface area contributed by atoms with Crippen LogP contribution in [0.4, 0.5) is 4.39 Å². The average Bonchev–Trinajstić information content (AvgIpc) is 2.92. The van der Waals surface area contributed by atoms with E-state index in [1.807, 2.05) is 0 Å². The first kappa shape index (κ1) is 21.6. The fraction of sp³-hybridized carbons (Fsp3) is 0.350. The number of amides is 1. The number of carbonyl (C=O) groups is 2. The molecule has 2 rings (SSSR count). The molecule has 0 aliphatic carbocycles. The number of hydrogen-bond acceptors (Lipinski definition) is 4. The molecule has 28 heavy (non-hydrogen) atoms. The van der Waals surface area contributed by atoms with Crippen molar-refractivity contribution < 1.29 is 18.7 Å². The number of hydrogen-bond donors (Lipinski definition) is 1. The highest BCUT2D eigenvalue weighted by Gasteiger charge is 2.13. The fourth-order valence-corrected chi connectivity index (χ4v) is 2.68. The number of esters is 1. The van der Waals surface area contributed by atoms with Gasteiger partial charge in [0, 0.05) is 18.2 Å². The van der Waals surface area contributed by atoms with Crippen LogP contribution >= 0.6 is 11.6 Å². The Kier molecular flexibility index (Phi) is 7.75. The van der Waals surface area contributed by atoms with Crippen LogP contribution in [-0.2, 0) is 14.3 Å². The van der Waals surface area contributed by atoms with E-state index in [0.29, 0.717) is 29.4 Å². The Bertz CT molecular complexity index is 860. The Morgan fingerprint density at radius 1 is 1.32 bits per heavy atom. The predicted molar refractivity (Wildman–Crippen MR) is 106 cm³/mol. The Morgan fingerprint density at radius 3 is 2.64 bits per heavy atom. The molecule has 1 aromatic heterocycles. The highest BCUT2D eigenvalue weighted by molar-refractivity contribution is 6.31. The maximum atomic E-state index is 13.1. The van der Waals surface area contributed by atoms with Crippen LogP contribution in [0.2, 0.25) is 5.15 Å². The first-order chi connectivity index (χ1) is 13.3. The van der Waals surface area contributed by atoms with Gasteiger partial charge in [-0.1, -0.05) is 25.4 Å². The Morgan fingerprint density at radius 2 is 2.00 bits per heavy atom. The number of nitrogens with one attached hydrogen (secondary N) is 1. The SMILES string of the molecule is Cc1nn(-c2ccc(F)cc2)c(Cl)c1/C=C/C(=O)OCC(=O)NCCC(C)C. The summed E-state index contributed by atoms with van der Waals surface area (Å²) in [5, 5.41) is 7.27. The minimum atomic E-state index is -0.663. The molecule has 0 spiro atoms. The normalized spacial score (nSPS) is 11.2. The van der Waals surface area contributed by atoms with Gasteiger partial charge in [0.05, 0.1) is 11.4 Å². The molecule has 1 amide bonds. The molecule has 1 aromatic carbocycles. The molecule has 0 radical (unpaired) electrons. The van der Waals surface area contributed by atoms with Gasteiger partial charge in [0.1, 0.15) is 11.0 Å². The summed E-state index contributed by atoms with van der Waals surface area (Å²) in [4.78, 5) is 23.5. The van der Waals surface area contributed by atoms with Crippen LogP contribution in [0, 0.1) is 18.7 Å². The van der Waals surface area contributed by atoms with E-state index in [1.54, 1.807) is 19.1 Å². The molecule has 8 heteroatoms. The van der Waals surface area contributed by atoms with Gasteiger partial charge in [0.25, 0.3) is 5.91 Å². The van der Waals surface area contributed by atoms with Crippen LogP contribution in [0.1, 0.15) is 31.5 Å². The quantitative estimate of drug-likeness (QED) is 0.535. The topological polar surface area (TPSA) is 73.2 Å². The second-order valence-corrected chi connectivity index (χ2v) is 7.01. The third-order valence-electron chi connectivity index (χ3n) is 3.89. The number of rotatable bonds is 8. The van der Waals surface area contributed by atoms with E-state index >= 15 is 0 Å². The van der Waals surface area contributed by atoms with Gasteiger partial charge in [-0.2, -0.15) is 5.10 Å². The molecule has 0 atom stereocenters. The lowest BCUT2D eigenvalue weighted by Crippen LogP contribution is -2.29. The lowest BCUT2D eigenvalue weighted by Gasteiger charge is -2.07. The summed E-state index contributed by atoms with van der Waals surface area (Å²) < 4.78 is 19.4. The van der Waals surface area contributed by atoms with Crippen molar-refractivity contribution in [3.8, 4) is 5.69 Å². The molecule has 1 N–H and O–H groups in total. The standard InChI is InChI=1S/C20H23ClFN3O3/c1-13(2)10-11-23-18(26)12-28-19(27)9-8-17-14(3)24-25(20(17)21)16-6-4-15(22)5-7-16/h4-9,13H,10-12H2,1-3H3,(H,23,26)/b9-8+. The Balaban J connectivity index is 1.95. The van der Waals surface area contributed by atoms with E-state index in [1.165, 1.54) is 29.0 Å². The molecule has 0 fully saturated rings. The highest BCUT2D eigenvalue weighted by atomic mass is 35.5. The molecule has 0 saturated heterocycles. The van der Waals surface area contributed by atoms with Crippen LogP contribution in [0.25, 0.3) is 11.8 Å². The van der Waals surface area contributed by atoms with Crippen LogP contribution in [-0.4, -0.2) is 34.8 Å². The van der Waals surface area contributed by atoms with Gasteiger partial charge in [-0.05, 0) is 49.6 Å². The minimum absolute atomic E-state index is 0.277. The van der Waals surface area contributed by atoms with Crippen molar-refractivity contribution in [3.05, 3.63) is 52.6 Å². The molecular weight excluding hydrogens is 385 g/mol. The number of benzene rings is 1. The van der Waals surface area contributed by atoms with Crippen molar-refractivity contribution in [2.45, 2.75) is 27.2 Å². The maximum absolute atomic E-state index is 13.1. The van der Waals surface area contributed by atoms with Crippen molar-refractivity contribution >= 4 is 29.6 Å². The third kappa shape index (κ3) is 6.20. The Labute approximate surface area is 168 Å². The van der Waals surface area contributed by atoms with Gasteiger partial charge in [-0.3, -0.25) is 4.79 Å². The summed E-state index contributed by atoms with van der Waals surface area (Å²) in [6.07, 6.45) is 3.52. The molecule has 150 valence electrons. The predicted octanol–water partition coefficient (Wildman–Crippen LogP) is 3.69. The second-order valence-electron chi connectivity index (χ2n) is 6.65. The number of aryl methyl sites for hydroxylation is 1. The zero-order chi connectivity index (χ0) is 20.7. The zero-order valence-corrected chi connectivity index (χ0v) is 16.8. The number of aromatic nitrogens is 2. The largest absolute Gasteiger partial charge is 0.452 e. The third-order valence-corrected chi connectivity index (χ3v) is 4.26. The van der Waals surface area contributed by atoms with Gasteiger partial charge in [0.15, 0.2) is 6.61 Å². The van der Waals surface area contributed by atoms with Crippen molar-refractivity contribution in [1.82, 2.24) is 15.1 Å². The van der Waals surface area contributed by atoms with Crippen LogP contribution < -0.4 is 5.32 Å². The van der Waals surface area contributed by atoms with Gasteiger partial charge >= 0.3 is 5.97 Å². The summed E-state index contributed by atoms with van der Waals surface area (Å²) in [6, 6.07) is 5.71. The van der Waals surface area contributed by atoms with Gasteiger partial charge < -0.3 is 10.1 Å². The molecule has 0 bridgehead atoms. The summed E-state index contributed by atoms with van der Waals surface area (Å²) in [5.41, 5.74) is 1.71. The first-order valence-electron chi connectivity index (χ1n) is 8.90.